The van der Waals surface area contributed by atoms with E-state index >= 15 is 0 Å². The molecule has 1 fully saturated rings. The van der Waals surface area contributed by atoms with E-state index in [-0.39, 0.29) is 18.8 Å². The van der Waals surface area contributed by atoms with Crippen molar-refractivity contribution in [1.82, 2.24) is 5.32 Å². The largest absolute Gasteiger partial charge is 0.481 e. The minimum absolute atomic E-state index is 0.0885. The molecule has 0 saturated carbocycles. The first-order valence-corrected chi connectivity index (χ1v) is 6.58. The third-order valence-electron chi connectivity index (χ3n) is 3.89. The molecule has 1 aromatic rings. The van der Waals surface area contributed by atoms with Crippen molar-refractivity contribution in [3.63, 3.8) is 0 Å². The average molecular weight is 263 g/mol. The van der Waals surface area contributed by atoms with Crippen molar-refractivity contribution in [2.45, 2.75) is 25.8 Å². The lowest BCUT2D eigenvalue weighted by molar-refractivity contribution is -0.141. The normalized spacial score (nSPS) is 24.7. The molecule has 3 rings (SSSR count). The van der Waals surface area contributed by atoms with Crippen molar-refractivity contribution in [2.75, 3.05) is 13.3 Å². The lowest BCUT2D eigenvalue weighted by Gasteiger charge is -2.16. The Morgan fingerprint density at radius 1 is 1.47 bits per heavy atom. The Labute approximate surface area is 111 Å². The number of ether oxygens (including phenoxy) is 2. The first kappa shape index (κ1) is 12.3. The molecular weight excluding hydrogens is 246 g/mol. The second-order valence-corrected chi connectivity index (χ2v) is 4.95. The number of hydrogen-bond acceptors (Lipinski definition) is 4. The first-order chi connectivity index (χ1) is 9.20. The second kappa shape index (κ2) is 4.74. The Hall–Kier alpha value is -1.75. The predicted octanol–water partition coefficient (Wildman–Crippen LogP) is 1.71. The van der Waals surface area contributed by atoms with Crippen LogP contribution in [0, 0.1) is 5.92 Å². The van der Waals surface area contributed by atoms with Gasteiger partial charge in [0.15, 0.2) is 11.5 Å². The van der Waals surface area contributed by atoms with Gasteiger partial charge in [-0.05, 0) is 24.5 Å². The van der Waals surface area contributed by atoms with Crippen LogP contribution in [0.5, 0.6) is 11.5 Å². The van der Waals surface area contributed by atoms with Gasteiger partial charge >= 0.3 is 5.97 Å². The highest BCUT2D eigenvalue weighted by Gasteiger charge is 2.32. The summed E-state index contributed by atoms with van der Waals surface area (Å²) >= 11 is 0. The average Bonchev–Trinajstić information content (AvgIpc) is 3.05. The number of rotatable bonds is 3. The lowest BCUT2D eigenvalue weighted by Crippen LogP contribution is -2.17. The molecule has 0 aromatic heterocycles. The lowest BCUT2D eigenvalue weighted by atomic mass is 9.94. The monoisotopic (exact) mass is 263 g/mol. The van der Waals surface area contributed by atoms with Crippen molar-refractivity contribution in [1.29, 1.82) is 0 Å². The fourth-order valence-electron chi connectivity index (χ4n) is 2.90. The van der Waals surface area contributed by atoms with Gasteiger partial charge in [-0.3, -0.25) is 4.79 Å². The first-order valence-electron chi connectivity index (χ1n) is 6.58. The van der Waals surface area contributed by atoms with E-state index in [0.717, 1.165) is 29.0 Å². The Morgan fingerprint density at radius 2 is 2.32 bits per heavy atom. The van der Waals surface area contributed by atoms with Gasteiger partial charge in [0.2, 0.25) is 6.79 Å². The fraction of sp³-hybridized carbons (Fsp3) is 0.500. The number of aliphatic carboxylic acids is 1. The van der Waals surface area contributed by atoms with Gasteiger partial charge < -0.3 is 19.9 Å². The maximum absolute atomic E-state index is 11.0. The molecule has 0 amide bonds. The van der Waals surface area contributed by atoms with Gasteiger partial charge in [0.25, 0.3) is 0 Å². The van der Waals surface area contributed by atoms with Crippen LogP contribution >= 0.6 is 0 Å². The number of carbonyl (C=O) groups is 1. The third-order valence-corrected chi connectivity index (χ3v) is 3.89. The SMILES string of the molecule is CCc1c(C2CC(C(=O)O)CN2)ccc2c1OCO2. The van der Waals surface area contributed by atoms with Gasteiger partial charge in [0, 0.05) is 18.2 Å². The molecule has 0 bridgehead atoms. The maximum Gasteiger partial charge on any atom is 0.307 e. The van der Waals surface area contributed by atoms with E-state index in [9.17, 15) is 4.79 Å². The minimum atomic E-state index is -0.728. The Morgan fingerprint density at radius 3 is 3.00 bits per heavy atom. The van der Waals surface area contributed by atoms with Crippen molar-refractivity contribution in [3.05, 3.63) is 23.3 Å². The molecule has 1 aromatic carbocycles. The third kappa shape index (κ3) is 2.04. The highest BCUT2D eigenvalue weighted by atomic mass is 16.7. The summed E-state index contributed by atoms with van der Waals surface area (Å²) in [6.45, 7) is 2.86. The quantitative estimate of drug-likeness (QED) is 0.869. The van der Waals surface area contributed by atoms with Crippen molar-refractivity contribution >= 4 is 5.97 Å². The molecule has 19 heavy (non-hydrogen) atoms. The molecule has 2 heterocycles. The molecule has 2 unspecified atom stereocenters. The highest BCUT2D eigenvalue weighted by molar-refractivity contribution is 5.71. The van der Waals surface area contributed by atoms with Crippen LogP contribution in [0.1, 0.15) is 30.5 Å². The summed E-state index contributed by atoms with van der Waals surface area (Å²) in [6, 6.07) is 4.02. The Bertz CT molecular complexity index is 514. The zero-order chi connectivity index (χ0) is 13.4. The van der Waals surface area contributed by atoms with E-state index in [4.69, 9.17) is 14.6 Å². The van der Waals surface area contributed by atoms with E-state index in [1.165, 1.54) is 0 Å². The number of hydrogen-bond donors (Lipinski definition) is 2. The van der Waals surface area contributed by atoms with Gasteiger partial charge in [-0.15, -0.1) is 0 Å². The molecule has 2 aliphatic heterocycles. The molecule has 2 N–H and O–H groups in total. The van der Waals surface area contributed by atoms with Gasteiger partial charge in [-0.2, -0.15) is 0 Å². The predicted molar refractivity (Wildman–Crippen MR) is 68.4 cm³/mol. The highest BCUT2D eigenvalue weighted by Crippen LogP contribution is 2.41. The summed E-state index contributed by atoms with van der Waals surface area (Å²) < 4.78 is 10.9. The van der Waals surface area contributed by atoms with Gasteiger partial charge in [-0.1, -0.05) is 13.0 Å². The standard InChI is InChI=1S/C14H17NO4/c1-2-9-10(3-4-12-13(9)19-7-18-12)11-5-8(6-15-11)14(16)17/h3-4,8,11,15H,2,5-7H2,1H3,(H,16,17). The molecule has 1 saturated heterocycles. The second-order valence-electron chi connectivity index (χ2n) is 4.95. The zero-order valence-electron chi connectivity index (χ0n) is 10.8. The van der Waals surface area contributed by atoms with Crippen LogP contribution in [-0.4, -0.2) is 24.4 Å². The molecule has 0 radical (unpaired) electrons. The zero-order valence-corrected chi connectivity index (χ0v) is 10.8. The van der Waals surface area contributed by atoms with E-state index in [0.29, 0.717) is 13.0 Å². The molecule has 0 spiro atoms. The van der Waals surface area contributed by atoms with E-state index in [2.05, 4.69) is 12.2 Å². The Kier molecular flexibility index (Phi) is 3.06. The molecule has 0 aliphatic carbocycles. The molecule has 102 valence electrons. The van der Waals surface area contributed by atoms with Gasteiger partial charge in [0.1, 0.15) is 0 Å². The van der Waals surface area contributed by atoms with Crippen molar-refractivity contribution in [3.8, 4) is 11.5 Å². The maximum atomic E-state index is 11.0. The summed E-state index contributed by atoms with van der Waals surface area (Å²) in [4.78, 5) is 11.0. The van der Waals surface area contributed by atoms with Crippen LogP contribution < -0.4 is 14.8 Å². The number of nitrogens with one attached hydrogen (secondary N) is 1. The number of benzene rings is 1. The van der Waals surface area contributed by atoms with E-state index in [1.807, 2.05) is 12.1 Å². The van der Waals surface area contributed by atoms with Crippen LogP contribution in [0.4, 0.5) is 0 Å². The van der Waals surface area contributed by atoms with Crippen LogP contribution in [0.2, 0.25) is 0 Å². The van der Waals surface area contributed by atoms with Crippen molar-refractivity contribution in [2.24, 2.45) is 5.92 Å². The molecule has 5 heteroatoms. The molecule has 2 aliphatic rings. The smallest absolute Gasteiger partial charge is 0.307 e. The summed E-state index contributed by atoms with van der Waals surface area (Å²) in [5, 5.41) is 12.4. The van der Waals surface area contributed by atoms with Gasteiger partial charge in [-0.25, -0.2) is 0 Å². The minimum Gasteiger partial charge on any atom is -0.481 e. The Balaban J connectivity index is 1.91. The summed E-state index contributed by atoms with van der Waals surface area (Å²) in [5.74, 6) is 0.572. The van der Waals surface area contributed by atoms with E-state index < -0.39 is 5.97 Å². The van der Waals surface area contributed by atoms with Crippen molar-refractivity contribution < 1.29 is 19.4 Å². The number of carboxylic acid groups (broad SMARTS) is 1. The number of carboxylic acids is 1. The van der Waals surface area contributed by atoms with E-state index in [1.54, 1.807) is 0 Å². The topological polar surface area (TPSA) is 67.8 Å². The molecular formula is C14H17NO4. The fourth-order valence-corrected chi connectivity index (χ4v) is 2.90. The molecule has 5 nitrogen and oxygen atoms in total. The number of fused-ring (bicyclic) bond motifs is 1. The molecule has 2 atom stereocenters. The van der Waals surface area contributed by atoms with Gasteiger partial charge in [0.05, 0.1) is 5.92 Å². The summed E-state index contributed by atoms with van der Waals surface area (Å²) in [5.41, 5.74) is 2.26. The van der Waals surface area contributed by atoms with Crippen LogP contribution in [0.25, 0.3) is 0 Å². The summed E-state index contributed by atoms with van der Waals surface area (Å²) in [6.07, 6.45) is 1.47. The van der Waals surface area contributed by atoms with Crippen LogP contribution in [0.3, 0.4) is 0 Å². The van der Waals surface area contributed by atoms with Crippen LogP contribution in [0.15, 0.2) is 12.1 Å². The van der Waals surface area contributed by atoms with Crippen LogP contribution in [-0.2, 0) is 11.2 Å². The summed E-state index contributed by atoms with van der Waals surface area (Å²) in [7, 11) is 0.